The maximum absolute atomic E-state index is 3.63. The monoisotopic (exact) mass is 290 g/mol. The number of nitrogens with one attached hydrogen (secondary N) is 1. The van der Waals surface area contributed by atoms with Crippen molar-refractivity contribution in [1.82, 2.24) is 10.2 Å². The highest BCUT2D eigenvalue weighted by Crippen LogP contribution is 2.19. The first-order valence-corrected chi connectivity index (χ1v) is 9.17. The predicted octanol–water partition coefficient (Wildman–Crippen LogP) is 2.92. The molecule has 1 saturated carbocycles. The second kappa shape index (κ2) is 7.48. The van der Waals surface area contributed by atoms with Crippen molar-refractivity contribution in [3.8, 4) is 0 Å². The van der Waals surface area contributed by atoms with Crippen LogP contribution in [0.2, 0.25) is 0 Å². The zero-order valence-electron chi connectivity index (χ0n) is 12.3. The molecule has 2 nitrogen and oxygen atoms in total. The molecule has 0 spiro atoms. The summed E-state index contributed by atoms with van der Waals surface area (Å²) in [5, 5.41) is 3.63. The minimum absolute atomic E-state index is 0.824. The quantitative estimate of drug-likeness (QED) is 0.867. The third-order valence-corrected chi connectivity index (χ3v) is 5.28. The molecule has 1 aromatic carbocycles. The van der Waals surface area contributed by atoms with Crippen molar-refractivity contribution < 1.29 is 0 Å². The van der Waals surface area contributed by atoms with Gasteiger partial charge in [0.25, 0.3) is 0 Å². The summed E-state index contributed by atoms with van der Waals surface area (Å²) in [6.45, 7) is 4.79. The Morgan fingerprint density at radius 2 is 1.95 bits per heavy atom. The summed E-state index contributed by atoms with van der Waals surface area (Å²) >= 11 is 2.11. The van der Waals surface area contributed by atoms with Crippen LogP contribution in [0.25, 0.3) is 0 Å². The fourth-order valence-corrected chi connectivity index (χ4v) is 3.78. The van der Waals surface area contributed by atoms with Crippen molar-refractivity contribution in [3.05, 3.63) is 35.4 Å². The van der Waals surface area contributed by atoms with Crippen LogP contribution in [0.1, 0.15) is 30.4 Å². The largest absolute Gasteiger partial charge is 0.314 e. The molecule has 1 saturated heterocycles. The van der Waals surface area contributed by atoms with E-state index in [2.05, 4.69) is 46.2 Å². The molecule has 0 aromatic heterocycles. The second-order valence-corrected chi connectivity index (χ2v) is 7.21. The molecular formula is C17H26N2S. The molecule has 2 fully saturated rings. The van der Waals surface area contributed by atoms with Gasteiger partial charge in [-0.3, -0.25) is 4.90 Å². The fraction of sp³-hybridized carbons (Fsp3) is 0.647. The highest BCUT2D eigenvalue weighted by atomic mass is 32.2. The average Bonchev–Trinajstić information content (AvgIpc) is 3.28. The van der Waals surface area contributed by atoms with Crippen molar-refractivity contribution in [2.45, 2.75) is 38.3 Å². The highest BCUT2D eigenvalue weighted by Gasteiger charge is 2.19. The molecule has 0 radical (unpaired) electrons. The van der Waals surface area contributed by atoms with E-state index in [1.807, 2.05) is 0 Å². The molecule has 1 aromatic rings. The first kappa shape index (κ1) is 14.4. The molecule has 2 aliphatic rings. The van der Waals surface area contributed by atoms with Crippen LogP contribution in [0.3, 0.4) is 0 Å². The van der Waals surface area contributed by atoms with Crippen molar-refractivity contribution in [3.63, 3.8) is 0 Å². The van der Waals surface area contributed by atoms with Crippen molar-refractivity contribution in [2.24, 2.45) is 0 Å². The van der Waals surface area contributed by atoms with Crippen LogP contribution in [0.15, 0.2) is 24.3 Å². The van der Waals surface area contributed by atoms with Crippen LogP contribution in [0, 0.1) is 0 Å². The number of hydrogen-bond acceptors (Lipinski definition) is 3. The topological polar surface area (TPSA) is 15.3 Å². The Bertz CT molecular complexity index is 409. The SMILES string of the molecule is c1ccc(CN2CCCSCC2)c(CCNC2CC2)c1. The zero-order chi connectivity index (χ0) is 13.6. The smallest absolute Gasteiger partial charge is 0.0236 e. The van der Waals surface area contributed by atoms with E-state index >= 15 is 0 Å². The van der Waals surface area contributed by atoms with E-state index in [0.717, 1.165) is 19.1 Å². The molecule has 20 heavy (non-hydrogen) atoms. The minimum atomic E-state index is 0.824. The van der Waals surface area contributed by atoms with E-state index < -0.39 is 0 Å². The van der Waals surface area contributed by atoms with E-state index in [-0.39, 0.29) is 0 Å². The number of hydrogen-bond donors (Lipinski definition) is 1. The van der Waals surface area contributed by atoms with Gasteiger partial charge in [-0.15, -0.1) is 0 Å². The van der Waals surface area contributed by atoms with Gasteiger partial charge in [0.1, 0.15) is 0 Å². The molecule has 0 amide bonds. The van der Waals surface area contributed by atoms with Gasteiger partial charge in [-0.25, -0.2) is 0 Å². The van der Waals surface area contributed by atoms with Gasteiger partial charge in [-0.1, -0.05) is 24.3 Å². The lowest BCUT2D eigenvalue weighted by Gasteiger charge is -2.21. The zero-order valence-corrected chi connectivity index (χ0v) is 13.1. The number of rotatable bonds is 6. The number of benzene rings is 1. The molecule has 1 aliphatic heterocycles. The third-order valence-electron chi connectivity index (χ3n) is 4.23. The molecule has 1 N–H and O–H groups in total. The van der Waals surface area contributed by atoms with Crippen LogP contribution >= 0.6 is 11.8 Å². The van der Waals surface area contributed by atoms with Crippen molar-refractivity contribution >= 4 is 11.8 Å². The van der Waals surface area contributed by atoms with Crippen LogP contribution < -0.4 is 5.32 Å². The van der Waals surface area contributed by atoms with Crippen LogP contribution in [0.5, 0.6) is 0 Å². The Labute approximate surface area is 127 Å². The molecule has 1 heterocycles. The molecule has 0 atom stereocenters. The first-order valence-electron chi connectivity index (χ1n) is 8.02. The highest BCUT2D eigenvalue weighted by molar-refractivity contribution is 7.99. The van der Waals surface area contributed by atoms with Gasteiger partial charge in [0, 0.05) is 24.9 Å². The molecule has 110 valence electrons. The summed E-state index contributed by atoms with van der Waals surface area (Å²) in [7, 11) is 0. The van der Waals surface area contributed by atoms with E-state index in [1.165, 1.54) is 61.4 Å². The lowest BCUT2D eigenvalue weighted by molar-refractivity contribution is 0.286. The van der Waals surface area contributed by atoms with E-state index in [0.29, 0.717) is 0 Å². The Kier molecular flexibility index (Phi) is 5.40. The third kappa shape index (κ3) is 4.51. The molecule has 3 rings (SSSR count). The van der Waals surface area contributed by atoms with Gasteiger partial charge in [0.2, 0.25) is 0 Å². The van der Waals surface area contributed by atoms with Crippen molar-refractivity contribution in [2.75, 3.05) is 31.1 Å². The van der Waals surface area contributed by atoms with Crippen LogP contribution in [-0.2, 0) is 13.0 Å². The normalized spacial score (nSPS) is 20.8. The number of nitrogens with zero attached hydrogens (tertiary/aromatic N) is 1. The molecule has 3 heteroatoms. The minimum Gasteiger partial charge on any atom is -0.314 e. The fourth-order valence-electron chi connectivity index (χ4n) is 2.85. The van der Waals surface area contributed by atoms with Gasteiger partial charge in [-0.2, -0.15) is 11.8 Å². The van der Waals surface area contributed by atoms with Gasteiger partial charge >= 0.3 is 0 Å². The lowest BCUT2D eigenvalue weighted by Crippen LogP contribution is -2.26. The molecule has 0 bridgehead atoms. The lowest BCUT2D eigenvalue weighted by atomic mass is 10.0. The Hall–Kier alpha value is -0.510. The Morgan fingerprint density at radius 3 is 2.80 bits per heavy atom. The van der Waals surface area contributed by atoms with E-state index in [9.17, 15) is 0 Å². The Balaban J connectivity index is 1.55. The van der Waals surface area contributed by atoms with Gasteiger partial charge in [0.05, 0.1) is 0 Å². The maximum atomic E-state index is 3.63. The number of thioether (sulfide) groups is 1. The van der Waals surface area contributed by atoms with Gasteiger partial charge in [0.15, 0.2) is 0 Å². The summed E-state index contributed by atoms with van der Waals surface area (Å²) in [4.78, 5) is 2.63. The van der Waals surface area contributed by atoms with Crippen LogP contribution in [-0.4, -0.2) is 42.1 Å². The summed E-state index contributed by atoms with van der Waals surface area (Å²) in [5.41, 5.74) is 3.08. The van der Waals surface area contributed by atoms with E-state index in [4.69, 9.17) is 0 Å². The summed E-state index contributed by atoms with van der Waals surface area (Å²) in [6.07, 6.45) is 5.28. The summed E-state index contributed by atoms with van der Waals surface area (Å²) in [5.74, 6) is 2.63. The van der Waals surface area contributed by atoms with E-state index in [1.54, 1.807) is 0 Å². The maximum Gasteiger partial charge on any atom is 0.0236 e. The van der Waals surface area contributed by atoms with Crippen LogP contribution in [0.4, 0.5) is 0 Å². The molecule has 1 aliphatic carbocycles. The van der Waals surface area contributed by atoms with Crippen molar-refractivity contribution in [1.29, 1.82) is 0 Å². The summed E-state index contributed by atoms with van der Waals surface area (Å²) in [6, 6.07) is 9.85. The van der Waals surface area contributed by atoms with Gasteiger partial charge in [-0.05, 0) is 55.7 Å². The van der Waals surface area contributed by atoms with Gasteiger partial charge < -0.3 is 5.32 Å². The Morgan fingerprint density at radius 1 is 1.10 bits per heavy atom. The summed E-state index contributed by atoms with van der Waals surface area (Å²) < 4.78 is 0. The molecular weight excluding hydrogens is 264 g/mol. The predicted molar refractivity (Wildman–Crippen MR) is 88.4 cm³/mol. The first-order chi connectivity index (χ1) is 9.92. The molecule has 0 unspecified atom stereocenters. The second-order valence-electron chi connectivity index (χ2n) is 5.99. The average molecular weight is 290 g/mol. The standard InChI is InChI=1S/C17H26N2S/c1-2-5-16(14-19-10-3-12-20-13-11-19)15(4-1)8-9-18-17-6-7-17/h1-2,4-5,17-18H,3,6-14H2.